The average molecular weight is 251 g/mol. The van der Waals surface area contributed by atoms with Gasteiger partial charge < -0.3 is 10.2 Å². The first kappa shape index (κ1) is 12.0. The van der Waals surface area contributed by atoms with E-state index < -0.39 is 23.8 Å². The van der Waals surface area contributed by atoms with E-state index >= 15 is 0 Å². The first-order chi connectivity index (χ1) is 8.49. The molecule has 1 aliphatic heterocycles. The second-order valence-electron chi connectivity index (χ2n) is 3.81. The lowest BCUT2D eigenvalue weighted by Crippen LogP contribution is -2.27. The highest BCUT2D eigenvalue weighted by atomic mass is 16.4. The molecule has 0 aliphatic carbocycles. The minimum atomic E-state index is -1.26. The molecule has 0 bridgehead atoms. The summed E-state index contributed by atoms with van der Waals surface area (Å²) < 4.78 is 0. The summed E-state index contributed by atoms with van der Waals surface area (Å²) in [7, 11) is 0. The molecule has 0 spiro atoms. The molecule has 8 heteroatoms. The zero-order valence-electron chi connectivity index (χ0n) is 9.11. The van der Waals surface area contributed by atoms with Crippen LogP contribution < -0.4 is 4.90 Å². The molecule has 18 heavy (non-hydrogen) atoms. The largest absolute Gasteiger partial charge is 0.481 e. The van der Waals surface area contributed by atoms with Gasteiger partial charge in [0.05, 0.1) is 18.3 Å². The van der Waals surface area contributed by atoms with Gasteiger partial charge in [0.15, 0.2) is 11.5 Å². The zero-order valence-corrected chi connectivity index (χ0v) is 9.11. The molecule has 0 aromatic carbocycles. The van der Waals surface area contributed by atoms with E-state index in [9.17, 15) is 14.4 Å². The summed E-state index contributed by atoms with van der Waals surface area (Å²) in [6.07, 6.45) is 2.17. The molecule has 1 saturated heterocycles. The van der Waals surface area contributed by atoms with Crippen LogP contribution >= 0.6 is 0 Å². The van der Waals surface area contributed by atoms with E-state index in [4.69, 9.17) is 10.2 Å². The quantitative estimate of drug-likeness (QED) is 0.750. The lowest BCUT2D eigenvalue weighted by Gasteiger charge is -2.14. The van der Waals surface area contributed by atoms with Crippen molar-refractivity contribution in [2.24, 2.45) is 5.92 Å². The molecular formula is C10H9N3O5. The third-order valence-electron chi connectivity index (χ3n) is 2.59. The molecular weight excluding hydrogens is 242 g/mol. The molecule has 1 aromatic rings. The van der Waals surface area contributed by atoms with Crippen LogP contribution in [0.1, 0.15) is 16.9 Å². The van der Waals surface area contributed by atoms with Crippen molar-refractivity contribution < 1.29 is 24.6 Å². The summed E-state index contributed by atoms with van der Waals surface area (Å²) in [4.78, 5) is 41.7. The molecule has 94 valence electrons. The molecule has 1 unspecified atom stereocenters. The third-order valence-corrected chi connectivity index (χ3v) is 2.59. The maximum absolute atomic E-state index is 11.6. The van der Waals surface area contributed by atoms with Crippen LogP contribution in [0, 0.1) is 5.92 Å². The number of amides is 1. The summed E-state index contributed by atoms with van der Waals surface area (Å²) in [6.45, 7) is -0.0219. The van der Waals surface area contributed by atoms with Crippen molar-refractivity contribution in [2.45, 2.75) is 6.42 Å². The number of rotatable bonds is 3. The van der Waals surface area contributed by atoms with E-state index in [0.717, 1.165) is 11.1 Å². The summed E-state index contributed by atoms with van der Waals surface area (Å²) in [6, 6.07) is 0. The number of aromatic nitrogens is 2. The van der Waals surface area contributed by atoms with Gasteiger partial charge in [0, 0.05) is 13.0 Å². The van der Waals surface area contributed by atoms with Gasteiger partial charge in [0.2, 0.25) is 5.91 Å². The lowest BCUT2D eigenvalue weighted by atomic mass is 10.1. The van der Waals surface area contributed by atoms with Crippen LogP contribution in [-0.2, 0) is 9.59 Å². The normalized spacial score (nSPS) is 19.0. The summed E-state index contributed by atoms with van der Waals surface area (Å²) in [5.41, 5.74) is -0.293. The molecule has 1 aromatic heterocycles. The van der Waals surface area contributed by atoms with Crippen LogP contribution in [0.3, 0.4) is 0 Å². The Morgan fingerprint density at radius 3 is 2.61 bits per heavy atom. The molecule has 0 saturated carbocycles. The van der Waals surface area contributed by atoms with E-state index in [1.165, 1.54) is 6.20 Å². The van der Waals surface area contributed by atoms with Crippen LogP contribution in [0.15, 0.2) is 12.4 Å². The Balaban J connectivity index is 2.27. The van der Waals surface area contributed by atoms with Gasteiger partial charge in [-0.2, -0.15) is 0 Å². The Bertz CT molecular complexity index is 530. The number of hydrogen-bond donors (Lipinski definition) is 2. The minimum absolute atomic E-state index is 0.0219. The molecule has 2 heterocycles. The van der Waals surface area contributed by atoms with E-state index in [1.807, 2.05) is 0 Å². The highest BCUT2D eigenvalue weighted by Gasteiger charge is 2.36. The van der Waals surface area contributed by atoms with Gasteiger partial charge in [-0.15, -0.1) is 0 Å². The maximum Gasteiger partial charge on any atom is 0.356 e. The Morgan fingerprint density at radius 2 is 2.06 bits per heavy atom. The van der Waals surface area contributed by atoms with Crippen molar-refractivity contribution >= 4 is 23.7 Å². The fourth-order valence-electron chi connectivity index (χ4n) is 1.68. The predicted molar refractivity (Wildman–Crippen MR) is 57.1 cm³/mol. The van der Waals surface area contributed by atoms with Crippen molar-refractivity contribution in [2.75, 3.05) is 11.4 Å². The standard InChI is InChI=1S/C10H9N3O5/c14-8-1-5(9(15)16)4-13(8)7-3-11-2-6(12-7)10(17)18/h2-3,5H,1,4H2,(H,15,16)(H,17,18). The third kappa shape index (κ3) is 2.12. The van der Waals surface area contributed by atoms with Crippen molar-refractivity contribution in [3.63, 3.8) is 0 Å². The number of carboxylic acid groups (broad SMARTS) is 2. The predicted octanol–water partition coefficient (Wildman–Crippen LogP) is -0.388. The van der Waals surface area contributed by atoms with E-state index in [1.54, 1.807) is 0 Å². The Hall–Kier alpha value is -2.51. The minimum Gasteiger partial charge on any atom is -0.481 e. The number of carbonyl (C=O) groups is 3. The van der Waals surface area contributed by atoms with Crippen molar-refractivity contribution in [1.29, 1.82) is 0 Å². The van der Waals surface area contributed by atoms with Gasteiger partial charge in [0.25, 0.3) is 0 Å². The second kappa shape index (κ2) is 4.40. The Kier molecular flexibility index (Phi) is 2.92. The summed E-state index contributed by atoms with van der Waals surface area (Å²) in [5.74, 6) is -3.46. The van der Waals surface area contributed by atoms with Crippen molar-refractivity contribution in [3.05, 3.63) is 18.1 Å². The topological polar surface area (TPSA) is 121 Å². The number of anilines is 1. The first-order valence-corrected chi connectivity index (χ1v) is 5.07. The first-order valence-electron chi connectivity index (χ1n) is 5.07. The van der Waals surface area contributed by atoms with Gasteiger partial charge in [-0.25, -0.2) is 9.78 Å². The summed E-state index contributed by atoms with van der Waals surface area (Å²) in [5, 5.41) is 17.6. The van der Waals surface area contributed by atoms with Gasteiger partial charge in [-0.1, -0.05) is 0 Å². The fourth-order valence-corrected chi connectivity index (χ4v) is 1.68. The lowest BCUT2D eigenvalue weighted by molar-refractivity contribution is -0.141. The molecule has 1 amide bonds. The number of hydrogen-bond acceptors (Lipinski definition) is 5. The number of nitrogens with zero attached hydrogens (tertiary/aromatic N) is 3. The molecule has 1 aliphatic rings. The number of aromatic carboxylic acids is 1. The van der Waals surface area contributed by atoms with Gasteiger partial charge in [-0.3, -0.25) is 19.5 Å². The van der Waals surface area contributed by atoms with Crippen LogP contribution in [0.25, 0.3) is 0 Å². The smallest absolute Gasteiger partial charge is 0.356 e. The van der Waals surface area contributed by atoms with E-state index in [0.29, 0.717) is 0 Å². The van der Waals surface area contributed by atoms with Gasteiger partial charge in [0.1, 0.15) is 0 Å². The fraction of sp³-hybridized carbons (Fsp3) is 0.300. The van der Waals surface area contributed by atoms with E-state index in [2.05, 4.69) is 9.97 Å². The Morgan fingerprint density at radius 1 is 1.33 bits per heavy atom. The van der Waals surface area contributed by atoms with Gasteiger partial charge in [-0.05, 0) is 0 Å². The molecule has 1 fully saturated rings. The Labute approximate surface area is 101 Å². The molecule has 8 nitrogen and oxygen atoms in total. The number of carboxylic acids is 2. The number of aliphatic carboxylic acids is 1. The van der Waals surface area contributed by atoms with E-state index in [-0.39, 0.29) is 24.5 Å². The molecule has 2 N–H and O–H groups in total. The summed E-state index contributed by atoms with van der Waals surface area (Å²) >= 11 is 0. The average Bonchev–Trinajstić information content (AvgIpc) is 2.72. The number of carbonyl (C=O) groups excluding carboxylic acids is 1. The van der Waals surface area contributed by atoms with Crippen LogP contribution in [0.5, 0.6) is 0 Å². The van der Waals surface area contributed by atoms with Crippen molar-refractivity contribution in [1.82, 2.24) is 9.97 Å². The highest BCUT2D eigenvalue weighted by Crippen LogP contribution is 2.23. The molecule has 2 rings (SSSR count). The maximum atomic E-state index is 11.6. The monoisotopic (exact) mass is 251 g/mol. The highest BCUT2D eigenvalue weighted by molar-refractivity contribution is 5.98. The van der Waals surface area contributed by atoms with Crippen LogP contribution in [0.2, 0.25) is 0 Å². The molecule has 0 radical (unpaired) electrons. The van der Waals surface area contributed by atoms with Crippen LogP contribution in [0.4, 0.5) is 5.82 Å². The molecule has 1 atom stereocenters. The SMILES string of the molecule is O=C(O)c1cncc(N2CC(C(=O)O)CC2=O)n1. The van der Waals surface area contributed by atoms with Crippen molar-refractivity contribution in [3.8, 4) is 0 Å². The van der Waals surface area contributed by atoms with Gasteiger partial charge >= 0.3 is 11.9 Å². The van der Waals surface area contributed by atoms with Crippen LogP contribution in [-0.4, -0.2) is 44.6 Å². The zero-order chi connectivity index (χ0) is 13.3. The second-order valence-corrected chi connectivity index (χ2v) is 3.81.